The summed E-state index contributed by atoms with van der Waals surface area (Å²) in [4.78, 5) is 32.5. The summed E-state index contributed by atoms with van der Waals surface area (Å²) < 4.78 is 9.64. The molecule has 1 atom stereocenters. The number of ether oxygens (including phenoxy) is 1. The van der Waals surface area contributed by atoms with Crippen LogP contribution in [0.2, 0.25) is 0 Å². The first-order chi connectivity index (χ1) is 20.4. The molecule has 0 unspecified atom stereocenters. The summed E-state index contributed by atoms with van der Waals surface area (Å²) in [6, 6.07) is 25.1. The van der Waals surface area contributed by atoms with Gasteiger partial charge >= 0.3 is 5.97 Å². The molecule has 8 heteroatoms. The van der Waals surface area contributed by atoms with Crippen molar-refractivity contribution >= 4 is 34.3 Å². The Balaban J connectivity index is 1.52. The zero-order valence-corrected chi connectivity index (χ0v) is 24.3. The number of carbonyl (C=O) groups is 1. The number of rotatable bonds is 6. The average molecular weight is 573 g/mol. The number of hydrogen-bond acceptors (Lipinski definition) is 6. The Morgan fingerprint density at radius 3 is 2.57 bits per heavy atom. The lowest BCUT2D eigenvalue weighted by Gasteiger charge is -2.24. The van der Waals surface area contributed by atoms with Crippen LogP contribution in [0.5, 0.6) is 0 Å². The van der Waals surface area contributed by atoms with Gasteiger partial charge in [0.2, 0.25) is 0 Å². The van der Waals surface area contributed by atoms with Gasteiger partial charge < -0.3 is 9.30 Å². The van der Waals surface area contributed by atoms with Gasteiger partial charge in [-0.3, -0.25) is 9.36 Å². The second-order valence-corrected chi connectivity index (χ2v) is 11.2. The third kappa shape index (κ3) is 4.78. The summed E-state index contributed by atoms with van der Waals surface area (Å²) in [5.74, 6) is -0.473. The van der Waals surface area contributed by atoms with Crippen LogP contribution in [-0.2, 0) is 16.1 Å². The largest absolute Gasteiger partial charge is 0.463 e. The number of para-hydroxylation sites is 1. The molecule has 208 valence electrons. The maximum atomic E-state index is 14.1. The normalized spacial score (nSPS) is 14.9. The highest BCUT2D eigenvalue weighted by Crippen LogP contribution is 2.31. The number of nitriles is 1. The fourth-order valence-electron chi connectivity index (χ4n) is 5.47. The number of aromatic nitrogens is 2. The average Bonchev–Trinajstić information content (AvgIpc) is 3.49. The van der Waals surface area contributed by atoms with Crippen molar-refractivity contribution in [1.29, 1.82) is 5.26 Å². The van der Waals surface area contributed by atoms with Crippen molar-refractivity contribution in [2.45, 2.75) is 33.4 Å². The molecule has 3 aromatic carbocycles. The van der Waals surface area contributed by atoms with Crippen LogP contribution in [0.4, 0.5) is 0 Å². The van der Waals surface area contributed by atoms with E-state index in [4.69, 9.17) is 9.73 Å². The number of allylic oxidation sites excluding steroid dienone is 1. The van der Waals surface area contributed by atoms with Gasteiger partial charge in [-0.15, -0.1) is 0 Å². The smallest absolute Gasteiger partial charge is 0.338 e. The lowest BCUT2D eigenvalue weighted by Crippen LogP contribution is -2.39. The third-order valence-electron chi connectivity index (χ3n) is 7.49. The molecule has 42 heavy (non-hydrogen) atoms. The number of benzene rings is 3. The van der Waals surface area contributed by atoms with E-state index in [0.29, 0.717) is 32.7 Å². The Bertz CT molecular complexity index is 2110. The minimum absolute atomic E-state index is 0.217. The molecule has 7 nitrogen and oxygen atoms in total. The van der Waals surface area contributed by atoms with Crippen molar-refractivity contribution in [3.63, 3.8) is 0 Å². The van der Waals surface area contributed by atoms with Gasteiger partial charge in [-0.05, 0) is 50.1 Å². The molecule has 2 aromatic heterocycles. The molecule has 0 saturated heterocycles. The van der Waals surface area contributed by atoms with Gasteiger partial charge in [-0.2, -0.15) is 5.26 Å². The second kappa shape index (κ2) is 11.1. The number of fused-ring (bicyclic) bond motifs is 2. The Morgan fingerprint density at radius 2 is 1.81 bits per heavy atom. The Hall–Kier alpha value is -5.00. The maximum absolute atomic E-state index is 14.1. The molecule has 0 bridgehead atoms. The van der Waals surface area contributed by atoms with E-state index in [2.05, 4.69) is 10.6 Å². The van der Waals surface area contributed by atoms with Crippen molar-refractivity contribution in [3.8, 4) is 6.07 Å². The molecule has 6 rings (SSSR count). The molecular formula is C34H28N4O3S. The zero-order chi connectivity index (χ0) is 29.4. The molecule has 0 N–H and O–H groups in total. The van der Waals surface area contributed by atoms with E-state index in [0.717, 1.165) is 33.2 Å². The predicted octanol–water partition coefficient (Wildman–Crippen LogP) is 4.98. The van der Waals surface area contributed by atoms with Crippen LogP contribution in [0.25, 0.3) is 17.0 Å². The number of esters is 1. The number of nitrogens with zero attached hydrogens (tertiary/aromatic N) is 4. The van der Waals surface area contributed by atoms with Crippen LogP contribution < -0.4 is 14.9 Å². The predicted molar refractivity (Wildman–Crippen MR) is 164 cm³/mol. The van der Waals surface area contributed by atoms with Crippen LogP contribution in [0, 0.1) is 18.3 Å². The molecular weight excluding hydrogens is 544 g/mol. The van der Waals surface area contributed by atoms with Gasteiger partial charge in [-0.25, -0.2) is 9.79 Å². The first-order valence-corrected chi connectivity index (χ1v) is 14.5. The molecule has 1 aliphatic heterocycles. The quantitative estimate of drug-likeness (QED) is 0.269. The van der Waals surface area contributed by atoms with Crippen molar-refractivity contribution in [2.75, 3.05) is 6.61 Å². The van der Waals surface area contributed by atoms with Crippen LogP contribution in [0.15, 0.2) is 100 Å². The van der Waals surface area contributed by atoms with Crippen LogP contribution in [0.1, 0.15) is 47.7 Å². The molecule has 5 aromatic rings. The molecule has 0 amide bonds. The minimum atomic E-state index is -0.646. The van der Waals surface area contributed by atoms with E-state index in [1.54, 1.807) is 18.4 Å². The van der Waals surface area contributed by atoms with E-state index in [9.17, 15) is 14.9 Å². The molecule has 0 spiro atoms. The highest BCUT2D eigenvalue weighted by molar-refractivity contribution is 7.07. The lowest BCUT2D eigenvalue weighted by atomic mass is 9.95. The highest BCUT2D eigenvalue weighted by Gasteiger charge is 2.33. The van der Waals surface area contributed by atoms with E-state index in [1.807, 2.05) is 92.0 Å². The minimum Gasteiger partial charge on any atom is -0.463 e. The van der Waals surface area contributed by atoms with Gasteiger partial charge in [0.05, 0.1) is 40.1 Å². The summed E-state index contributed by atoms with van der Waals surface area (Å²) in [5, 5.41) is 10.6. The zero-order valence-electron chi connectivity index (χ0n) is 23.5. The fourth-order valence-corrected chi connectivity index (χ4v) is 6.51. The number of aryl methyl sites for hydroxylation is 1. The summed E-state index contributed by atoms with van der Waals surface area (Å²) >= 11 is 1.31. The maximum Gasteiger partial charge on any atom is 0.338 e. The first kappa shape index (κ1) is 27.2. The van der Waals surface area contributed by atoms with Gasteiger partial charge in [-0.1, -0.05) is 77.6 Å². The number of thiazole rings is 1. The topological polar surface area (TPSA) is 89.4 Å². The summed E-state index contributed by atoms with van der Waals surface area (Å²) in [6.45, 7) is 6.30. The number of hydrogen-bond donors (Lipinski definition) is 0. The van der Waals surface area contributed by atoms with Gasteiger partial charge in [0, 0.05) is 29.2 Å². The van der Waals surface area contributed by atoms with Crippen LogP contribution in [-0.4, -0.2) is 21.7 Å². The van der Waals surface area contributed by atoms with E-state index in [-0.39, 0.29) is 12.2 Å². The van der Waals surface area contributed by atoms with E-state index < -0.39 is 12.0 Å². The number of carbonyl (C=O) groups excluding carboxylic acids is 1. The van der Waals surface area contributed by atoms with Gasteiger partial charge in [0.15, 0.2) is 4.80 Å². The third-order valence-corrected chi connectivity index (χ3v) is 8.48. The molecule has 3 heterocycles. The summed E-state index contributed by atoms with van der Waals surface area (Å²) in [6.07, 6.45) is 3.91. The van der Waals surface area contributed by atoms with Crippen molar-refractivity contribution in [3.05, 3.63) is 138 Å². The SMILES string of the molecule is CCOC(=O)C1=C(C)N=c2s/c(=C/c3cn(Cc4ccccc4C#N)c4ccccc34)c(=O)n2[C@H]1c1ccc(C)cc1. The highest BCUT2D eigenvalue weighted by atomic mass is 32.1. The van der Waals surface area contributed by atoms with Crippen molar-refractivity contribution in [2.24, 2.45) is 4.99 Å². The standard InChI is InChI=1S/C34H28N4O3S/c1-4-41-33(40)30-22(3)36-34-38(31(30)23-15-13-21(2)14-16-23)32(39)29(42-34)17-26-20-37(28-12-8-7-11-27(26)28)19-25-10-6-5-9-24(25)18-35/h5-17,20,31H,4,19H2,1-3H3/b29-17+/t31-/m0/s1. The first-order valence-electron chi connectivity index (χ1n) is 13.7. The van der Waals surface area contributed by atoms with Gasteiger partial charge in [0.1, 0.15) is 0 Å². The summed E-state index contributed by atoms with van der Waals surface area (Å²) in [5.41, 5.74) is 6.04. The summed E-state index contributed by atoms with van der Waals surface area (Å²) in [7, 11) is 0. The van der Waals surface area contributed by atoms with Crippen molar-refractivity contribution < 1.29 is 9.53 Å². The van der Waals surface area contributed by atoms with E-state index >= 15 is 0 Å². The fraction of sp³-hybridized carbons (Fsp3) is 0.176. The Labute approximate surface area is 246 Å². The van der Waals surface area contributed by atoms with Crippen molar-refractivity contribution in [1.82, 2.24) is 9.13 Å². The molecule has 0 aliphatic carbocycles. The monoisotopic (exact) mass is 572 g/mol. The Kier molecular flexibility index (Phi) is 7.19. The van der Waals surface area contributed by atoms with Gasteiger partial charge in [0.25, 0.3) is 5.56 Å². The molecule has 1 aliphatic rings. The second-order valence-electron chi connectivity index (χ2n) is 10.2. The van der Waals surface area contributed by atoms with Crippen LogP contribution >= 0.6 is 11.3 Å². The molecule has 0 fully saturated rings. The van der Waals surface area contributed by atoms with E-state index in [1.165, 1.54) is 11.3 Å². The Morgan fingerprint density at radius 1 is 1.07 bits per heavy atom. The van der Waals surface area contributed by atoms with Crippen LogP contribution in [0.3, 0.4) is 0 Å². The molecule has 0 saturated carbocycles. The lowest BCUT2D eigenvalue weighted by molar-refractivity contribution is -0.139. The molecule has 0 radical (unpaired) electrons.